The Morgan fingerprint density at radius 2 is 2.41 bits per heavy atom. The summed E-state index contributed by atoms with van der Waals surface area (Å²) in [5.41, 5.74) is 0.474. The number of rotatable bonds is 5. The lowest BCUT2D eigenvalue weighted by Gasteiger charge is -2.10. The van der Waals surface area contributed by atoms with Gasteiger partial charge < -0.3 is 25.9 Å². The molecule has 0 spiro atoms. The van der Waals surface area contributed by atoms with E-state index in [1.165, 1.54) is 6.20 Å². The molecule has 3 rings (SSSR count). The zero-order valence-corrected chi connectivity index (χ0v) is 11.8. The van der Waals surface area contributed by atoms with Crippen molar-refractivity contribution in [2.45, 2.75) is 12.5 Å². The number of nitrogens with one attached hydrogen (secondary N) is 3. The van der Waals surface area contributed by atoms with E-state index >= 15 is 0 Å². The Morgan fingerprint density at radius 1 is 1.50 bits per heavy atom. The molecule has 1 fully saturated rings. The molecule has 0 aliphatic carbocycles. The minimum atomic E-state index is -0.181. The third-order valence-electron chi connectivity index (χ3n) is 3.33. The van der Waals surface area contributed by atoms with E-state index in [1.54, 1.807) is 18.5 Å². The Labute approximate surface area is 126 Å². The number of hydrogen-bond acceptors (Lipinski definition) is 8. The van der Waals surface area contributed by atoms with Gasteiger partial charge in [-0.2, -0.15) is 9.97 Å². The van der Waals surface area contributed by atoms with Crippen molar-refractivity contribution < 1.29 is 9.84 Å². The van der Waals surface area contributed by atoms with Gasteiger partial charge in [-0.25, -0.2) is 0 Å². The van der Waals surface area contributed by atoms with E-state index in [0.29, 0.717) is 16.9 Å². The third-order valence-corrected chi connectivity index (χ3v) is 3.33. The van der Waals surface area contributed by atoms with E-state index in [2.05, 4.69) is 25.6 Å². The van der Waals surface area contributed by atoms with Crippen LogP contribution in [0.25, 0.3) is 10.9 Å². The average molecular weight is 300 g/mol. The maximum Gasteiger partial charge on any atom is 0.326 e. The molecule has 0 saturated carbocycles. The molecule has 22 heavy (non-hydrogen) atoms. The van der Waals surface area contributed by atoms with Crippen molar-refractivity contribution in [1.82, 2.24) is 25.6 Å². The topological polar surface area (TPSA) is 116 Å². The molecule has 1 saturated heterocycles. The average Bonchev–Trinajstić information content (AvgIpc) is 3.05. The van der Waals surface area contributed by atoms with Gasteiger partial charge in [0.2, 0.25) is 5.88 Å². The molecule has 4 N–H and O–H groups in total. The molecule has 0 radical (unpaired) electrons. The maximum absolute atomic E-state index is 9.88. The minimum Gasteiger partial charge on any atom is -0.493 e. The van der Waals surface area contributed by atoms with Crippen molar-refractivity contribution in [3.05, 3.63) is 30.4 Å². The molecule has 0 amide bonds. The van der Waals surface area contributed by atoms with E-state index in [-0.39, 0.29) is 17.6 Å². The molecule has 1 atom stereocenters. The van der Waals surface area contributed by atoms with Crippen LogP contribution in [0.15, 0.2) is 30.4 Å². The Balaban J connectivity index is 1.78. The van der Waals surface area contributed by atoms with Crippen molar-refractivity contribution in [3.8, 4) is 11.9 Å². The number of aromatic hydroxyl groups is 1. The standard InChI is InChI=1S/C14H16N6O2/c15-5-10(7-18-9-1-3-16-6-9)22-14-19-12-8-17-4-2-11(12)13(21)20-14/h2,4-5,7-9,15-16,18H,1,3,6H2,(H,19,20,21)/b10-7+,15-5?. The lowest BCUT2D eigenvalue weighted by Crippen LogP contribution is -2.27. The molecule has 1 aliphatic heterocycles. The van der Waals surface area contributed by atoms with Crippen molar-refractivity contribution in [1.29, 1.82) is 5.41 Å². The predicted molar refractivity (Wildman–Crippen MR) is 80.9 cm³/mol. The molecular weight excluding hydrogens is 284 g/mol. The second-order valence-corrected chi connectivity index (χ2v) is 4.87. The van der Waals surface area contributed by atoms with E-state index < -0.39 is 0 Å². The summed E-state index contributed by atoms with van der Waals surface area (Å²) in [6, 6.07) is 1.91. The fraction of sp³-hybridized carbons (Fsp3) is 0.286. The molecule has 1 aliphatic rings. The summed E-state index contributed by atoms with van der Waals surface area (Å²) in [5.74, 6) is 0.0780. The zero-order valence-electron chi connectivity index (χ0n) is 11.8. The Morgan fingerprint density at radius 3 is 3.18 bits per heavy atom. The smallest absolute Gasteiger partial charge is 0.326 e. The van der Waals surface area contributed by atoms with Gasteiger partial charge >= 0.3 is 6.01 Å². The lowest BCUT2D eigenvalue weighted by atomic mass is 10.3. The summed E-state index contributed by atoms with van der Waals surface area (Å²) in [5, 5.41) is 24.2. The van der Waals surface area contributed by atoms with Gasteiger partial charge in [0.05, 0.1) is 23.3 Å². The Hall–Kier alpha value is -2.74. The van der Waals surface area contributed by atoms with Gasteiger partial charge in [0.15, 0.2) is 5.76 Å². The third kappa shape index (κ3) is 3.12. The molecule has 0 aromatic carbocycles. The van der Waals surface area contributed by atoms with Gasteiger partial charge in [0.1, 0.15) is 0 Å². The number of aromatic nitrogens is 3. The summed E-state index contributed by atoms with van der Waals surface area (Å²) in [6.07, 6.45) is 6.75. The van der Waals surface area contributed by atoms with Crippen LogP contribution in [-0.2, 0) is 0 Å². The molecule has 8 nitrogen and oxygen atoms in total. The first kappa shape index (κ1) is 14.2. The Kier molecular flexibility index (Phi) is 4.10. The second-order valence-electron chi connectivity index (χ2n) is 4.87. The molecule has 2 aromatic heterocycles. The van der Waals surface area contributed by atoms with Crippen molar-refractivity contribution in [3.63, 3.8) is 0 Å². The van der Waals surface area contributed by atoms with Crippen molar-refractivity contribution in [2.75, 3.05) is 13.1 Å². The van der Waals surface area contributed by atoms with E-state index in [1.807, 2.05) is 0 Å². The van der Waals surface area contributed by atoms with Crippen LogP contribution < -0.4 is 15.4 Å². The van der Waals surface area contributed by atoms with E-state index in [0.717, 1.165) is 25.7 Å². The highest BCUT2D eigenvalue weighted by molar-refractivity contribution is 5.82. The molecule has 114 valence electrons. The summed E-state index contributed by atoms with van der Waals surface area (Å²) in [6.45, 7) is 1.85. The van der Waals surface area contributed by atoms with Crippen LogP contribution in [0.4, 0.5) is 0 Å². The number of fused-ring (bicyclic) bond motifs is 1. The van der Waals surface area contributed by atoms with Gasteiger partial charge in [0.25, 0.3) is 0 Å². The molecule has 3 heterocycles. The van der Waals surface area contributed by atoms with Gasteiger partial charge in [-0.1, -0.05) is 0 Å². The summed E-state index contributed by atoms with van der Waals surface area (Å²) >= 11 is 0. The monoisotopic (exact) mass is 300 g/mol. The van der Waals surface area contributed by atoms with Gasteiger partial charge in [-0.05, 0) is 19.0 Å². The highest BCUT2D eigenvalue weighted by atomic mass is 16.5. The summed E-state index contributed by atoms with van der Waals surface area (Å²) < 4.78 is 5.44. The summed E-state index contributed by atoms with van der Waals surface area (Å²) in [4.78, 5) is 12.0. The molecule has 0 bridgehead atoms. The van der Waals surface area contributed by atoms with Gasteiger partial charge in [-0.15, -0.1) is 0 Å². The van der Waals surface area contributed by atoms with Crippen molar-refractivity contribution >= 4 is 17.1 Å². The fourth-order valence-electron chi connectivity index (χ4n) is 2.19. The van der Waals surface area contributed by atoms with Gasteiger partial charge in [-0.3, -0.25) is 4.98 Å². The van der Waals surface area contributed by atoms with Crippen LogP contribution in [0, 0.1) is 5.41 Å². The fourth-order valence-corrected chi connectivity index (χ4v) is 2.19. The lowest BCUT2D eigenvalue weighted by molar-refractivity contribution is 0.393. The van der Waals surface area contributed by atoms with Crippen LogP contribution >= 0.6 is 0 Å². The van der Waals surface area contributed by atoms with Crippen LogP contribution in [0.1, 0.15) is 6.42 Å². The maximum atomic E-state index is 9.88. The SMILES string of the molecule is N=C/C(=C\NC1CCNC1)Oc1nc(O)c2ccncc2n1. The van der Waals surface area contributed by atoms with Crippen LogP contribution in [0.2, 0.25) is 0 Å². The Bertz CT molecular complexity index is 712. The first-order valence-electron chi connectivity index (χ1n) is 6.92. The first-order valence-corrected chi connectivity index (χ1v) is 6.92. The second kappa shape index (κ2) is 6.35. The van der Waals surface area contributed by atoms with Crippen LogP contribution in [0.5, 0.6) is 11.9 Å². The largest absolute Gasteiger partial charge is 0.493 e. The van der Waals surface area contributed by atoms with Crippen LogP contribution in [0.3, 0.4) is 0 Å². The minimum absolute atomic E-state index is 0.0286. The highest BCUT2D eigenvalue weighted by Gasteiger charge is 2.13. The number of ether oxygens (including phenoxy) is 1. The van der Waals surface area contributed by atoms with Crippen molar-refractivity contribution in [2.24, 2.45) is 0 Å². The number of pyridine rings is 1. The number of nitrogens with zero attached hydrogens (tertiary/aromatic N) is 3. The van der Waals surface area contributed by atoms with Gasteiger partial charge in [0, 0.05) is 25.0 Å². The first-order chi connectivity index (χ1) is 10.8. The number of allylic oxidation sites excluding steroid dienone is 1. The normalized spacial score (nSPS) is 18.4. The predicted octanol–water partition coefficient (Wildman–Crippen LogP) is 0.552. The molecule has 1 unspecified atom stereocenters. The zero-order chi connectivity index (χ0) is 15.4. The molecule has 2 aromatic rings. The highest BCUT2D eigenvalue weighted by Crippen LogP contribution is 2.22. The van der Waals surface area contributed by atoms with E-state index in [9.17, 15) is 5.11 Å². The van der Waals surface area contributed by atoms with Crippen LogP contribution in [-0.4, -0.2) is 45.4 Å². The van der Waals surface area contributed by atoms with E-state index in [4.69, 9.17) is 10.1 Å². The summed E-state index contributed by atoms with van der Waals surface area (Å²) in [7, 11) is 0. The molecule has 8 heteroatoms. The number of hydrogen-bond donors (Lipinski definition) is 4. The quantitative estimate of drug-likeness (QED) is 0.470. The molecular formula is C14H16N6O2.